The van der Waals surface area contributed by atoms with E-state index in [1.165, 1.54) is 5.56 Å². The Bertz CT molecular complexity index is 403. The molecule has 1 fully saturated rings. The monoisotopic (exact) mass is 202 g/mol. The second-order valence-corrected chi connectivity index (χ2v) is 4.02. The molecule has 0 bridgehead atoms. The summed E-state index contributed by atoms with van der Waals surface area (Å²) in [6, 6.07) is 8.14. The predicted octanol–water partition coefficient (Wildman–Crippen LogP) is 2.58. The molecule has 1 aromatic rings. The Balaban J connectivity index is 2.35. The fourth-order valence-electron chi connectivity index (χ4n) is 1.97. The summed E-state index contributed by atoms with van der Waals surface area (Å²) in [5.74, 6) is -0.258. The zero-order valence-electron chi connectivity index (χ0n) is 8.99. The van der Waals surface area contributed by atoms with Crippen molar-refractivity contribution in [3.63, 3.8) is 0 Å². The van der Waals surface area contributed by atoms with Crippen LogP contribution >= 0.6 is 0 Å². The minimum absolute atomic E-state index is 0.0121. The molecule has 2 heteroatoms. The van der Waals surface area contributed by atoms with Crippen LogP contribution in [0, 0.1) is 6.92 Å². The molecule has 2 rings (SSSR count). The number of esters is 1. The topological polar surface area (TPSA) is 26.3 Å². The zero-order chi connectivity index (χ0) is 11.0. The summed E-state index contributed by atoms with van der Waals surface area (Å²) in [6.07, 6.45) is -0.104. The summed E-state index contributed by atoms with van der Waals surface area (Å²) in [4.78, 5) is 11.3. The van der Waals surface area contributed by atoms with Gasteiger partial charge >= 0.3 is 5.97 Å². The number of hydrogen-bond donors (Lipinski definition) is 0. The van der Waals surface area contributed by atoms with Gasteiger partial charge in [-0.2, -0.15) is 0 Å². The average molecular weight is 202 g/mol. The minimum atomic E-state index is -0.270. The Morgan fingerprint density at radius 3 is 2.33 bits per heavy atom. The molecular formula is C13H14O2. The van der Waals surface area contributed by atoms with Gasteiger partial charge in [0.1, 0.15) is 6.10 Å². The van der Waals surface area contributed by atoms with Gasteiger partial charge in [-0.25, -0.2) is 4.79 Å². The number of ether oxygens (including phenoxy) is 1. The van der Waals surface area contributed by atoms with Crippen LogP contribution in [-0.4, -0.2) is 12.1 Å². The van der Waals surface area contributed by atoms with Gasteiger partial charge < -0.3 is 4.74 Å². The highest BCUT2D eigenvalue weighted by molar-refractivity contribution is 5.92. The Morgan fingerprint density at radius 2 is 1.87 bits per heavy atom. The van der Waals surface area contributed by atoms with Crippen LogP contribution in [0.15, 0.2) is 36.4 Å². The number of hydrogen-bond acceptors (Lipinski definition) is 2. The molecule has 0 radical (unpaired) electrons. The molecule has 0 N–H and O–H groups in total. The third-order valence-electron chi connectivity index (χ3n) is 2.84. The maximum atomic E-state index is 11.3. The van der Waals surface area contributed by atoms with Crippen LogP contribution in [0.4, 0.5) is 0 Å². The Morgan fingerprint density at radius 1 is 1.27 bits per heavy atom. The third kappa shape index (κ3) is 1.67. The average Bonchev–Trinajstić information content (AvgIpc) is 2.44. The van der Waals surface area contributed by atoms with E-state index >= 15 is 0 Å². The van der Waals surface area contributed by atoms with E-state index in [0.29, 0.717) is 5.57 Å². The Hall–Kier alpha value is -1.57. The summed E-state index contributed by atoms with van der Waals surface area (Å²) in [7, 11) is 0. The smallest absolute Gasteiger partial charge is 0.334 e. The minimum Gasteiger partial charge on any atom is -0.458 e. The SMILES string of the molecule is C=C1C(=O)O[C@H](C)[C@@H]1c1ccc(C)cc1. The second-order valence-electron chi connectivity index (χ2n) is 4.02. The lowest BCUT2D eigenvalue weighted by Crippen LogP contribution is -2.09. The van der Waals surface area contributed by atoms with Gasteiger partial charge in [-0.3, -0.25) is 0 Å². The molecule has 1 aliphatic heterocycles. The van der Waals surface area contributed by atoms with Crippen molar-refractivity contribution in [2.75, 3.05) is 0 Å². The van der Waals surface area contributed by atoms with Crippen LogP contribution in [0.5, 0.6) is 0 Å². The number of benzene rings is 1. The van der Waals surface area contributed by atoms with Crippen molar-refractivity contribution >= 4 is 5.97 Å². The number of aryl methyl sites for hydroxylation is 1. The summed E-state index contributed by atoms with van der Waals surface area (Å²) in [5.41, 5.74) is 2.87. The third-order valence-corrected chi connectivity index (χ3v) is 2.84. The molecule has 0 spiro atoms. The fourth-order valence-corrected chi connectivity index (χ4v) is 1.97. The molecule has 0 amide bonds. The van der Waals surface area contributed by atoms with Gasteiger partial charge in [-0.15, -0.1) is 0 Å². The number of carbonyl (C=O) groups is 1. The van der Waals surface area contributed by atoms with E-state index in [4.69, 9.17) is 4.74 Å². The van der Waals surface area contributed by atoms with Gasteiger partial charge in [0.05, 0.1) is 5.92 Å². The number of cyclic esters (lactones) is 1. The Kier molecular flexibility index (Phi) is 2.35. The van der Waals surface area contributed by atoms with E-state index in [2.05, 4.69) is 6.58 Å². The molecule has 0 unspecified atom stereocenters. The second kappa shape index (κ2) is 3.54. The molecule has 1 aliphatic rings. The van der Waals surface area contributed by atoms with Crippen LogP contribution in [0.25, 0.3) is 0 Å². The van der Waals surface area contributed by atoms with E-state index in [0.717, 1.165) is 5.56 Å². The number of rotatable bonds is 1. The van der Waals surface area contributed by atoms with Gasteiger partial charge in [-0.05, 0) is 19.4 Å². The van der Waals surface area contributed by atoms with Crippen molar-refractivity contribution < 1.29 is 9.53 Å². The quantitative estimate of drug-likeness (QED) is 0.517. The predicted molar refractivity (Wildman–Crippen MR) is 58.6 cm³/mol. The lowest BCUT2D eigenvalue weighted by atomic mass is 9.89. The molecule has 1 saturated heterocycles. The van der Waals surface area contributed by atoms with Crippen LogP contribution in [0.1, 0.15) is 24.0 Å². The van der Waals surface area contributed by atoms with Gasteiger partial charge in [-0.1, -0.05) is 36.4 Å². The summed E-state index contributed by atoms with van der Waals surface area (Å²) in [5, 5.41) is 0. The standard InChI is InChI=1S/C13H14O2/c1-8-4-6-11(7-5-8)12-9(2)13(14)15-10(12)3/h4-7,10,12H,2H2,1,3H3/t10-,12-/m1/s1. The first-order valence-electron chi connectivity index (χ1n) is 5.06. The van der Waals surface area contributed by atoms with Crippen LogP contribution in [0.3, 0.4) is 0 Å². The molecule has 0 aliphatic carbocycles. The first kappa shape index (κ1) is 9.97. The van der Waals surface area contributed by atoms with Crippen molar-refractivity contribution in [1.82, 2.24) is 0 Å². The van der Waals surface area contributed by atoms with Crippen molar-refractivity contribution in [1.29, 1.82) is 0 Å². The van der Waals surface area contributed by atoms with Gasteiger partial charge in [0.2, 0.25) is 0 Å². The van der Waals surface area contributed by atoms with Crippen LogP contribution < -0.4 is 0 Å². The summed E-state index contributed by atoms with van der Waals surface area (Å²) < 4.78 is 5.13. The van der Waals surface area contributed by atoms with E-state index in [9.17, 15) is 4.79 Å². The van der Waals surface area contributed by atoms with E-state index in [1.54, 1.807) is 0 Å². The number of carbonyl (C=O) groups excluding carboxylic acids is 1. The zero-order valence-corrected chi connectivity index (χ0v) is 8.99. The van der Waals surface area contributed by atoms with Crippen LogP contribution in [0.2, 0.25) is 0 Å². The molecule has 78 valence electrons. The lowest BCUT2D eigenvalue weighted by molar-refractivity contribution is -0.138. The summed E-state index contributed by atoms with van der Waals surface area (Å²) >= 11 is 0. The van der Waals surface area contributed by atoms with E-state index in [1.807, 2.05) is 38.1 Å². The van der Waals surface area contributed by atoms with Gasteiger partial charge in [0, 0.05) is 5.57 Å². The maximum Gasteiger partial charge on any atom is 0.334 e. The highest BCUT2D eigenvalue weighted by Crippen LogP contribution is 2.35. The normalized spacial score (nSPS) is 25.5. The Labute approximate surface area is 89.6 Å². The highest BCUT2D eigenvalue weighted by atomic mass is 16.5. The van der Waals surface area contributed by atoms with E-state index in [-0.39, 0.29) is 18.0 Å². The molecule has 2 atom stereocenters. The largest absolute Gasteiger partial charge is 0.458 e. The molecule has 0 aromatic heterocycles. The fraction of sp³-hybridized carbons (Fsp3) is 0.308. The van der Waals surface area contributed by atoms with Crippen molar-refractivity contribution in [3.05, 3.63) is 47.5 Å². The van der Waals surface area contributed by atoms with Gasteiger partial charge in [0.25, 0.3) is 0 Å². The molecule has 2 nitrogen and oxygen atoms in total. The van der Waals surface area contributed by atoms with Crippen molar-refractivity contribution in [2.45, 2.75) is 25.9 Å². The molecule has 0 saturated carbocycles. The van der Waals surface area contributed by atoms with Crippen molar-refractivity contribution in [3.8, 4) is 0 Å². The first-order valence-corrected chi connectivity index (χ1v) is 5.06. The molecule has 15 heavy (non-hydrogen) atoms. The summed E-state index contributed by atoms with van der Waals surface area (Å²) in [6.45, 7) is 7.73. The lowest BCUT2D eigenvalue weighted by Gasteiger charge is -2.13. The molecule has 1 heterocycles. The van der Waals surface area contributed by atoms with Crippen LogP contribution in [-0.2, 0) is 9.53 Å². The van der Waals surface area contributed by atoms with Gasteiger partial charge in [0.15, 0.2) is 0 Å². The molecule has 1 aromatic carbocycles. The maximum absolute atomic E-state index is 11.3. The first-order chi connectivity index (χ1) is 7.09. The molecular weight excluding hydrogens is 188 g/mol. The van der Waals surface area contributed by atoms with E-state index < -0.39 is 0 Å². The highest BCUT2D eigenvalue weighted by Gasteiger charge is 2.36. The van der Waals surface area contributed by atoms with Crippen molar-refractivity contribution in [2.24, 2.45) is 0 Å².